The smallest absolute Gasteiger partial charge is 0.335 e. The molecule has 0 aromatic heterocycles. The van der Waals surface area contributed by atoms with Crippen LogP contribution in [0.4, 0.5) is 5.69 Å². The molecule has 0 unspecified atom stereocenters. The minimum atomic E-state index is -0.930. The molecule has 2 N–H and O–H groups in total. The molecular formula is C15H14BrNO2. The Labute approximate surface area is 120 Å². The fraction of sp³-hybridized carbons (Fsp3) is 0.133. The Morgan fingerprint density at radius 3 is 2.68 bits per heavy atom. The van der Waals surface area contributed by atoms with Crippen LogP contribution in [-0.2, 0) is 6.54 Å². The van der Waals surface area contributed by atoms with E-state index in [4.69, 9.17) is 5.11 Å². The molecule has 0 fully saturated rings. The molecule has 4 heteroatoms. The number of aryl methyl sites for hydroxylation is 1. The van der Waals surface area contributed by atoms with Gasteiger partial charge in [-0.1, -0.05) is 40.2 Å². The number of hydrogen-bond acceptors (Lipinski definition) is 2. The summed E-state index contributed by atoms with van der Waals surface area (Å²) in [5, 5.41) is 12.3. The van der Waals surface area contributed by atoms with Gasteiger partial charge < -0.3 is 10.4 Å². The minimum absolute atomic E-state index is 0.265. The molecule has 0 spiro atoms. The standard InChI is InChI=1S/C15H14BrNO2/c1-10-4-2-3-5-11(10)9-17-14-7-12(15(18)19)6-13(16)8-14/h2-8,17H,9H2,1H3,(H,18,19). The lowest BCUT2D eigenvalue weighted by Gasteiger charge is -2.10. The summed E-state index contributed by atoms with van der Waals surface area (Å²) in [5.74, 6) is -0.930. The van der Waals surface area contributed by atoms with Crippen molar-refractivity contribution in [3.63, 3.8) is 0 Å². The van der Waals surface area contributed by atoms with Gasteiger partial charge in [-0.3, -0.25) is 0 Å². The van der Waals surface area contributed by atoms with Crippen molar-refractivity contribution in [3.8, 4) is 0 Å². The number of aromatic carboxylic acids is 1. The lowest BCUT2D eigenvalue weighted by Crippen LogP contribution is -2.03. The van der Waals surface area contributed by atoms with Crippen molar-refractivity contribution in [2.45, 2.75) is 13.5 Å². The number of rotatable bonds is 4. The third-order valence-electron chi connectivity index (χ3n) is 2.89. The predicted octanol–water partition coefficient (Wildman–Crippen LogP) is 4.07. The number of halogens is 1. The second kappa shape index (κ2) is 5.89. The van der Waals surface area contributed by atoms with Crippen LogP contribution in [0.25, 0.3) is 0 Å². The zero-order chi connectivity index (χ0) is 13.8. The van der Waals surface area contributed by atoms with Crippen LogP contribution in [0.5, 0.6) is 0 Å². The van der Waals surface area contributed by atoms with E-state index in [1.165, 1.54) is 11.1 Å². The number of anilines is 1. The Morgan fingerprint density at radius 1 is 1.26 bits per heavy atom. The summed E-state index contributed by atoms with van der Waals surface area (Å²) in [7, 11) is 0. The van der Waals surface area contributed by atoms with Crippen LogP contribution in [0.15, 0.2) is 46.9 Å². The van der Waals surface area contributed by atoms with Gasteiger partial charge in [0.15, 0.2) is 0 Å². The quantitative estimate of drug-likeness (QED) is 0.893. The summed E-state index contributed by atoms with van der Waals surface area (Å²) in [6.07, 6.45) is 0. The first-order valence-corrected chi connectivity index (χ1v) is 6.68. The topological polar surface area (TPSA) is 49.3 Å². The molecule has 0 bridgehead atoms. The summed E-state index contributed by atoms with van der Waals surface area (Å²) >= 11 is 3.32. The maximum absolute atomic E-state index is 11.0. The van der Waals surface area contributed by atoms with E-state index in [2.05, 4.69) is 40.3 Å². The molecule has 0 aliphatic rings. The molecule has 2 aromatic carbocycles. The highest BCUT2D eigenvalue weighted by Gasteiger charge is 2.06. The molecule has 0 heterocycles. The van der Waals surface area contributed by atoms with Gasteiger partial charge >= 0.3 is 5.97 Å². The second-order valence-corrected chi connectivity index (χ2v) is 5.23. The lowest BCUT2D eigenvalue weighted by atomic mass is 10.1. The van der Waals surface area contributed by atoms with Gasteiger partial charge in [0.25, 0.3) is 0 Å². The molecule has 0 aliphatic carbocycles. The summed E-state index contributed by atoms with van der Waals surface area (Å²) in [6.45, 7) is 2.72. The van der Waals surface area contributed by atoms with Crippen molar-refractivity contribution in [2.24, 2.45) is 0 Å². The van der Waals surface area contributed by atoms with Crippen molar-refractivity contribution in [1.82, 2.24) is 0 Å². The molecule has 2 aromatic rings. The molecule has 0 saturated carbocycles. The van der Waals surface area contributed by atoms with Crippen molar-refractivity contribution >= 4 is 27.6 Å². The van der Waals surface area contributed by atoms with Crippen molar-refractivity contribution in [2.75, 3.05) is 5.32 Å². The molecule has 2 rings (SSSR count). The van der Waals surface area contributed by atoms with Crippen LogP contribution in [0.2, 0.25) is 0 Å². The van der Waals surface area contributed by atoms with E-state index in [0.717, 1.165) is 10.2 Å². The Balaban J connectivity index is 2.16. The first kappa shape index (κ1) is 13.6. The molecule has 0 amide bonds. The number of hydrogen-bond donors (Lipinski definition) is 2. The number of nitrogens with one attached hydrogen (secondary N) is 1. The number of carbonyl (C=O) groups is 1. The van der Waals surface area contributed by atoms with Crippen LogP contribution in [-0.4, -0.2) is 11.1 Å². The third kappa shape index (κ3) is 3.58. The Morgan fingerprint density at radius 2 is 2.00 bits per heavy atom. The van der Waals surface area contributed by atoms with E-state index in [-0.39, 0.29) is 5.56 Å². The average molecular weight is 320 g/mol. The molecule has 3 nitrogen and oxygen atoms in total. The summed E-state index contributed by atoms with van der Waals surface area (Å²) in [6, 6.07) is 13.2. The Hall–Kier alpha value is -1.81. The highest BCUT2D eigenvalue weighted by molar-refractivity contribution is 9.10. The molecule has 0 atom stereocenters. The van der Waals surface area contributed by atoms with E-state index in [1.807, 2.05) is 18.2 Å². The molecule has 0 aliphatic heterocycles. The number of benzene rings is 2. The van der Waals surface area contributed by atoms with Crippen LogP contribution < -0.4 is 5.32 Å². The van der Waals surface area contributed by atoms with Crippen LogP contribution in [0.3, 0.4) is 0 Å². The van der Waals surface area contributed by atoms with E-state index in [0.29, 0.717) is 6.54 Å². The Kier molecular flexibility index (Phi) is 4.22. The van der Waals surface area contributed by atoms with Crippen LogP contribution >= 0.6 is 15.9 Å². The fourth-order valence-corrected chi connectivity index (χ4v) is 2.31. The zero-order valence-corrected chi connectivity index (χ0v) is 12.1. The van der Waals surface area contributed by atoms with Gasteiger partial charge in [-0.2, -0.15) is 0 Å². The van der Waals surface area contributed by atoms with Crippen molar-refractivity contribution < 1.29 is 9.90 Å². The van der Waals surface area contributed by atoms with E-state index in [1.54, 1.807) is 12.1 Å². The lowest BCUT2D eigenvalue weighted by molar-refractivity contribution is 0.0697. The third-order valence-corrected chi connectivity index (χ3v) is 3.35. The van der Waals surface area contributed by atoms with Gasteiger partial charge in [0.05, 0.1) is 5.56 Å². The fourth-order valence-electron chi connectivity index (χ4n) is 1.82. The van der Waals surface area contributed by atoms with E-state index in [9.17, 15) is 4.79 Å². The molecular weight excluding hydrogens is 306 g/mol. The summed E-state index contributed by atoms with van der Waals surface area (Å²) < 4.78 is 0.750. The van der Waals surface area contributed by atoms with Gasteiger partial charge in [0.1, 0.15) is 0 Å². The van der Waals surface area contributed by atoms with Gasteiger partial charge in [-0.05, 0) is 36.2 Å². The normalized spacial score (nSPS) is 10.2. The maximum atomic E-state index is 11.0. The predicted molar refractivity (Wildman–Crippen MR) is 79.6 cm³/mol. The molecule has 98 valence electrons. The molecule has 0 saturated heterocycles. The van der Waals surface area contributed by atoms with Gasteiger partial charge in [-0.15, -0.1) is 0 Å². The highest BCUT2D eigenvalue weighted by atomic mass is 79.9. The van der Waals surface area contributed by atoms with Crippen molar-refractivity contribution in [1.29, 1.82) is 0 Å². The number of carboxylic acid groups (broad SMARTS) is 1. The Bertz CT molecular complexity index is 611. The molecule has 19 heavy (non-hydrogen) atoms. The largest absolute Gasteiger partial charge is 0.478 e. The van der Waals surface area contributed by atoms with Gasteiger partial charge in [-0.25, -0.2) is 4.79 Å². The minimum Gasteiger partial charge on any atom is -0.478 e. The first-order valence-electron chi connectivity index (χ1n) is 5.88. The van der Waals surface area contributed by atoms with Gasteiger partial charge in [0.2, 0.25) is 0 Å². The highest BCUT2D eigenvalue weighted by Crippen LogP contribution is 2.20. The summed E-state index contributed by atoms with van der Waals surface area (Å²) in [5.41, 5.74) is 3.46. The summed E-state index contributed by atoms with van der Waals surface area (Å²) in [4.78, 5) is 11.0. The monoisotopic (exact) mass is 319 g/mol. The van der Waals surface area contributed by atoms with E-state index >= 15 is 0 Å². The van der Waals surface area contributed by atoms with Crippen molar-refractivity contribution in [3.05, 3.63) is 63.6 Å². The number of carboxylic acids is 1. The van der Waals surface area contributed by atoms with E-state index < -0.39 is 5.97 Å². The second-order valence-electron chi connectivity index (χ2n) is 4.31. The zero-order valence-electron chi connectivity index (χ0n) is 10.5. The first-order chi connectivity index (χ1) is 9.06. The average Bonchev–Trinajstić information content (AvgIpc) is 2.37. The van der Waals surface area contributed by atoms with Crippen LogP contribution in [0.1, 0.15) is 21.5 Å². The SMILES string of the molecule is Cc1ccccc1CNc1cc(Br)cc(C(=O)O)c1. The van der Waals surface area contributed by atoms with Gasteiger partial charge in [0, 0.05) is 16.7 Å². The van der Waals surface area contributed by atoms with Crippen LogP contribution in [0, 0.1) is 6.92 Å². The maximum Gasteiger partial charge on any atom is 0.335 e. The molecule has 0 radical (unpaired) electrons.